The zero-order valence-corrected chi connectivity index (χ0v) is 11.5. The number of ether oxygens (including phenoxy) is 2. The van der Waals surface area contributed by atoms with Crippen molar-refractivity contribution in [2.75, 3.05) is 33.9 Å². The summed E-state index contributed by atoms with van der Waals surface area (Å²) >= 11 is 0. The molecule has 106 valence electrons. The van der Waals surface area contributed by atoms with Gasteiger partial charge < -0.3 is 19.5 Å². The van der Waals surface area contributed by atoms with Gasteiger partial charge in [0, 0.05) is 13.1 Å². The van der Waals surface area contributed by atoms with E-state index in [0.717, 1.165) is 24.5 Å². The molecule has 0 fully saturated rings. The van der Waals surface area contributed by atoms with Gasteiger partial charge in [-0.2, -0.15) is 0 Å². The minimum atomic E-state index is -0.767. The second kappa shape index (κ2) is 8.37. The molecule has 0 heterocycles. The Morgan fingerprint density at radius 2 is 1.95 bits per heavy atom. The van der Waals surface area contributed by atoms with E-state index in [2.05, 4.69) is 0 Å². The Morgan fingerprint density at radius 1 is 1.26 bits per heavy atom. The molecule has 0 saturated carbocycles. The van der Waals surface area contributed by atoms with Gasteiger partial charge in [-0.3, -0.25) is 4.79 Å². The number of para-hydroxylation sites is 2. The van der Waals surface area contributed by atoms with Crippen LogP contribution in [0, 0.1) is 0 Å². The first-order valence-corrected chi connectivity index (χ1v) is 6.29. The smallest absolute Gasteiger partial charge is 0.304 e. The van der Waals surface area contributed by atoms with Gasteiger partial charge in [-0.25, -0.2) is 0 Å². The molecule has 1 aromatic carbocycles. The predicted molar refractivity (Wildman–Crippen MR) is 72.9 cm³/mol. The summed E-state index contributed by atoms with van der Waals surface area (Å²) in [6, 6.07) is 7.52. The van der Waals surface area contributed by atoms with Gasteiger partial charge >= 0.3 is 5.97 Å². The zero-order chi connectivity index (χ0) is 14.1. The summed E-state index contributed by atoms with van der Waals surface area (Å²) in [6.07, 6.45) is 1.01. The molecule has 5 heteroatoms. The van der Waals surface area contributed by atoms with Crippen LogP contribution in [-0.4, -0.2) is 49.8 Å². The largest absolute Gasteiger partial charge is 0.493 e. The number of nitrogens with zero attached hydrogens (tertiary/aromatic N) is 1. The highest BCUT2D eigenvalue weighted by molar-refractivity contribution is 5.66. The quantitative estimate of drug-likeness (QED) is 0.692. The first-order valence-electron chi connectivity index (χ1n) is 6.29. The second-order valence-electron chi connectivity index (χ2n) is 4.30. The SMILES string of the molecule is COc1ccccc1OCCCN(C)CCC(=O)O. The first kappa shape index (κ1) is 15.3. The lowest BCUT2D eigenvalue weighted by atomic mass is 10.3. The van der Waals surface area contributed by atoms with Crippen molar-refractivity contribution in [3.63, 3.8) is 0 Å². The van der Waals surface area contributed by atoms with Crippen LogP contribution in [0.5, 0.6) is 11.5 Å². The Balaban J connectivity index is 2.21. The van der Waals surface area contributed by atoms with Crippen molar-refractivity contribution >= 4 is 5.97 Å². The van der Waals surface area contributed by atoms with E-state index in [0.29, 0.717) is 13.2 Å². The summed E-state index contributed by atoms with van der Waals surface area (Å²) in [6.45, 7) is 1.95. The van der Waals surface area contributed by atoms with E-state index in [-0.39, 0.29) is 6.42 Å². The summed E-state index contributed by atoms with van der Waals surface area (Å²) in [5.41, 5.74) is 0. The van der Waals surface area contributed by atoms with E-state index in [1.54, 1.807) is 7.11 Å². The van der Waals surface area contributed by atoms with Crippen molar-refractivity contribution in [2.45, 2.75) is 12.8 Å². The maximum Gasteiger partial charge on any atom is 0.304 e. The third kappa shape index (κ3) is 6.10. The summed E-state index contributed by atoms with van der Waals surface area (Å²) < 4.78 is 10.8. The molecule has 0 spiro atoms. The van der Waals surface area contributed by atoms with Crippen LogP contribution >= 0.6 is 0 Å². The Morgan fingerprint density at radius 3 is 2.58 bits per heavy atom. The minimum Gasteiger partial charge on any atom is -0.493 e. The van der Waals surface area contributed by atoms with Crippen molar-refractivity contribution in [3.8, 4) is 11.5 Å². The summed E-state index contributed by atoms with van der Waals surface area (Å²) in [5.74, 6) is 0.692. The van der Waals surface area contributed by atoms with Crippen LogP contribution in [0.4, 0.5) is 0 Å². The van der Waals surface area contributed by atoms with E-state index in [4.69, 9.17) is 14.6 Å². The molecule has 0 unspecified atom stereocenters. The normalized spacial score (nSPS) is 10.5. The third-order valence-electron chi connectivity index (χ3n) is 2.72. The van der Waals surface area contributed by atoms with Gasteiger partial charge in [-0.05, 0) is 25.6 Å². The minimum absolute atomic E-state index is 0.171. The van der Waals surface area contributed by atoms with Crippen LogP contribution in [0.1, 0.15) is 12.8 Å². The van der Waals surface area contributed by atoms with Gasteiger partial charge in [0.1, 0.15) is 0 Å². The monoisotopic (exact) mass is 267 g/mol. The van der Waals surface area contributed by atoms with Gasteiger partial charge in [0.25, 0.3) is 0 Å². The lowest BCUT2D eigenvalue weighted by Crippen LogP contribution is -2.24. The average Bonchev–Trinajstić information content (AvgIpc) is 2.41. The zero-order valence-electron chi connectivity index (χ0n) is 11.5. The second-order valence-corrected chi connectivity index (χ2v) is 4.30. The molecule has 19 heavy (non-hydrogen) atoms. The van der Waals surface area contributed by atoms with E-state index >= 15 is 0 Å². The number of carboxylic acids is 1. The third-order valence-corrected chi connectivity index (χ3v) is 2.72. The number of aliphatic carboxylic acids is 1. The highest BCUT2D eigenvalue weighted by Crippen LogP contribution is 2.25. The molecule has 0 aromatic heterocycles. The molecule has 1 N–H and O–H groups in total. The van der Waals surface area contributed by atoms with Crippen LogP contribution in [0.15, 0.2) is 24.3 Å². The number of methoxy groups -OCH3 is 1. The Bertz CT molecular complexity index is 395. The topological polar surface area (TPSA) is 59.0 Å². The average molecular weight is 267 g/mol. The standard InChI is InChI=1S/C14H21NO4/c1-15(10-8-14(16)17)9-5-11-19-13-7-4-3-6-12(13)18-2/h3-4,6-7H,5,8-11H2,1-2H3,(H,16,17). The first-order chi connectivity index (χ1) is 9.13. The molecule has 0 radical (unpaired) electrons. The van der Waals surface area contributed by atoms with Crippen LogP contribution in [-0.2, 0) is 4.79 Å². The highest BCUT2D eigenvalue weighted by atomic mass is 16.5. The summed E-state index contributed by atoms with van der Waals surface area (Å²) in [4.78, 5) is 12.4. The molecule has 1 rings (SSSR count). The van der Waals surface area contributed by atoms with E-state index in [1.165, 1.54) is 0 Å². The molecular formula is C14H21NO4. The molecule has 0 saturated heterocycles. The van der Waals surface area contributed by atoms with Crippen molar-refractivity contribution in [3.05, 3.63) is 24.3 Å². The number of carboxylic acid groups (broad SMARTS) is 1. The van der Waals surface area contributed by atoms with Crippen molar-refractivity contribution in [1.82, 2.24) is 4.90 Å². The maximum atomic E-state index is 10.4. The molecule has 0 aliphatic heterocycles. The number of hydrogen-bond donors (Lipinski definition) is 1. The molecule has 0 aliphatic rings. The van der Waals surface area contributed by atoms with E-state index in [9.17, 15) is 4.79 Å². The van der Waals surface area contributed by atoms with Gasteiger partial charge in [0.2, 0.25) is 0 Å². The fourth-order valence-corrected chi connectivity index (χ4v) is 1.65. The van der Waals surface area contributed by atoms with E-state index < -0.39 is 5.97 Å². The molecule has 0 bridgehead atoms. The summed E-state index contributed by atoms with van der Waals surface area (Å²) in [7, 11) is 3.52. The molecule has 1 aromatic rings. The van der Waals surface area contributed by atoms with Crippen molar-refractivity contribution in [2.24, 2.45) is 0 Å². The van der Waals surface area contributed by atoms with Gasteiger partial charge in [0.05, 0.1) is 20.1 Å². The van der Waals surface area contributed by atoms with Gasteiger partial charge in [-0.15, -0.1) is 0 Å². The van der Waals surface area contributed by atoms with Crippen LogP contribution in [0.3, 0.4) is 0 Å². The number of carbonyl (C=O) groups is 1. The molecule has 0 amide bonds. The highest BCUT2D eigenvalue weighted by Gasteiger charge is 2.04. The lowest BCUT2D eigenvalue weighted by molar-refractivity contribution is -0.137. The van der Waals surface area contributed by atoms with Crippen LogP contribution < -0.4 is 9.47 Å². The molecule has 0 aliphatic carbocycles. The van der Waals surface area contributed by atoms with E-state index in [1.807, 2.05) is 36.2 Å². The number of rotatable bonds is 9. The van der Waals surface area contributed by atoms with Crippen LogP contribution in [0.2, 0.25) is 0 Å². The Hall–Kier alpha value is -1.75. The van der Waals surface area contributed by atoms with Gasteiger partial charge in [-0.1, -0.05) is 12.1 Å². The Labute approximate surface area is 113 Å². The fraction of sp³-hybridized carbons (Fsp3) is 0.500. The fourth-order valence-electron chi connectivity index (χ4n) is 1.65. The van der Waals surface area contributed by atoms with Gasteiger partial charge in [0.15, 0.2) is 11.5 Å². The number of hydrogen-bond acceptors (Lipinski definition) is 4. The van der Waals surface area contributed by atoms with Crippen molar-refractivity contribution < 1.29 is 19.4 Å². The summed E-state index contributed by atoms with van der Waals surface area (Å²) in [5, 5.41) is 8.58. The predicted octanol–water partition coefficient (Wildman–Crippen LogP) is 1.87. The molecule has 0 atom stereocenters. The molecule has 5 nitrogen and oxygen atoms in total. The maximum absolute atomic E-state index is 10.4. The van der Waals surface area contributed by atoms with Crippen molar-refractivity contribution in [1.29, 1.82) is 0 Å². The van der Waals surface area contributed by atoms with Crippen LogP contribution in [0.25, 0.3) is 0 Å². The molecular weight excluding hydrogens is 246 g/mol. The number of benzene rings is 1. The Kier molecular flexibility index (Phi) is 6.74. The lowest BCUT2D eigenvalue weighted by Gasteiger charge is -2.16.